The van der Waals surface area contributed by atoms with Gasteiger partial charge in [-0.25, -0.2) is 8.42 Å². The lowest BCUT2D eigenvalue weighted by atomic mass is 10.1. The number of amides is 2. The second-order valence-electron chi connectivity index (χ2n) is 9.07. The van der Waals surface area contributed by atoms with E-state index >= 15 is 0 Å². The van der Waals surface area contributed by atoms with E-state index in [4.69, 9.17) is 23.2 Å². The summed E-state index contributed by atoms with van der Waals surface area (Å²) in [6.45, 7) is 3.17. The van der Waals surface area contributed by atoms with Crippen LogP contribution < -0.4 is 9.62 Å². The van der Waals surface area contributed by atoms with Crippen molar-refractivity contribution in [2.24, 2.45) is 0 Å². The fourth-order valence-corrected chi connectivity index (χ4v) is 6.02. The van der Waals surface area contributed by atoms with Crippen molar-refractivity contribution in [1.29, 1.82) is 0 Å². The number of benzene rings is 3. The van der Waals surface area contributed by atoms with Crippen LogP contribution in [0.4, 0.5) is 11.4 Å². The summed E-state index contributed by atoms with van der Waals surface area (Å²) in [7, 11) is -4.36. The number of hydrogen-bond donors (Lipinski definition) is 1. The first-order valence-corrected chi connectivity index (χ1v) is 15.0. The maximum absolute atomic E-state index is 14.0. The number of hydrogen-bond acceptors (Lipinski definition) is 6. The standard InChI is InChI=1S/C28H30Cl2N4O6S/c1-3-15-31-28(36)26(4-2)32(18-20-13-14-21(29)16-25(20)30)27(35)19-33(22-9-8-10-23(17-22)34(37)38)41(39,40)24-11-6-5-7-12-24/h5-14,16-17,26H,3-4,15,18-19H2,1-2H3,(H,31,36)/t26-/m0/s1. The Labute approximate surface area is 249 Å². The van der Waals surface area contributed by atoms with Gasteiger partial charge >= 0.3 is 0 Å². The van der Waals surface area contributed by atoms with Crippen LogP contribution in [-0.4, -0.2) is 49.2 Å². The Balaban J connectivity index is 2.10. The van der Waals surface area contributed by atoms with Gasteiger partial charge in [0.15, 0.2) is 0 Å². The van der Waals surface area contributed by atoms with E-state index in [1.54, 1.807) is 25.1 Å². The topological polar surface area (TPSA) is 130 Å². The highest BCUT2D eigenvalue weighted by atomic mass is 35.5. The number of halogens is 2. The van der Waals surface area contributed by atoms with Gasteiger partial charge in [-0.1, -0.05) is 67.4 Å². The van der Waals surface area contributed by atoms with E-state index in [9.17, 15) is 28.1 Å². The Hall–Kier alpha value is -3.67. The van der Waals surface area contributed by atoms with Crippen molar-refractivity contribution in [3.05, 3.63) is 98.5 Å². The molecule has 13 heteroatoms. The fourth-order valence-electron chi connectivity index (χ4n) is 4.13. The van der Waals surface area contributed by atoms with Gasteiger partial charge in [-0.3, -0.25) is 24.0 Å². The zero-order valence-corrected chi connectivity index (χ0v) is 24.8. The summed E-state index contributed by atoms with van der Waals surface area (Å²) in [6, 6.07) is 16.2. The number of nitrogens with zero attached hydrogens (tertiary/aromatic N) is 3. The van der Waals surface area contributed by atoms with E-state index in [2.05, 4.69) is 5.32 Å². The van der Waals surface area contributed by atoms with E-state index in [0.717, 1.165) is 10.4 Å². The number of nitro groups is 1. The number of nitro benzene ring substituents is 1. The van der Waals surface area contributed by atoms with Crippen molar-refractivity contribution in [3.8, 4) is 0 Å². The lowest BCUT2D eigenvalue weighted by Gasteiger charge is -2.33. The Morgan fingerprint density at radius 1 is 1.00 bits per heavy atom. The SMILES string of the molecule is CCCNC(=O)[C@H](CC)N(Cc1ccc(Cl)cc1Cl)C(=O)CN(c1cccc([N+](=O)[O-])c1)S(=O)(=O)c1ccccc1. The largest absolute Gasteiger partial charge is 0.354 e. The predicted octanol–water partition coefficient (Wildman–Crippen LogP) is 5.43. The maximum atomic E-state index is 14.0. The zero-order valence-electron chi connectivity index (χ0n) is 22.5. The molecule has 0 aliphatic heterocycles. The van der Waals surface area contributed by atoms with Gasteiger partial charge in [-0.2, -0.15) is 0 Å². The lowest BCUT2D eigenvalue weighted by molar-refractivity contribution is -0.384. The third-order valence-corrected chi connectivity index (χ3v) is 8.60. The third kappa shape index (κ3) is 7.96. The molecule has 0 saturated heterocycles. The normalized spacial score (nSPS) is 11.9. The molecule has 1 atom stereocenters. The molecule has 3 aromatic rings. The summed E-state index contributed by atoms with van der Waals surface area (Å²) in [5.41, 5.74) is 0.0710. The molecule has 3 aromatic carbocycles. The number of sulfonamides is 1. The Morgan fingerprint density at radius 3 is 2.32 bits per heavy atom. The highest BCUT2D eigenvalue weighted by molar-refractivity contribution is 7.92. The van der Waals surface area contributed by atoms with Gasteiger partial charge in [-0.05, 0) is 48.7 Å². The molecule has 0 saturated carbocycles. The maximum Gasteiger partial charge on any atom is 0.271 e. The molecule has 0 unspecified atom stereocenters. The van der Waals surface area contributed by atoms with Gasteiger partial charge < -0.3 is 10.2 Å². The molecule has 0 fully saturated rings. The molecular weight excluding hydrogens is 591 g/mol. The van der Waals surface area contributed by atoms with E-state index in [1.807, 2.05) is 6.92 Å². The quantitative estimate of drug-likeness (QED) is 0.200. The second kappa shape index (κ2) is 14.3. The fraction of sp³-hybridized carbons (Fsp3) is 0.286. The van der Waals surface area contributed by atoms with Crippen molar-refractivity contribution in [2.75, 3.05) is 17.4 Å². The van der Waals surface area contributed by atoms with Crippen LogP contribution in [-0.2, 0) is 26.2 Å². The number of non-ortho nitro benzene ring substituents is 1. The molecule has 0 bridgehead atoms. The van der Waals surface area contributed by atoms with Crippen LogP contribution in [0.5, 0.6) is 0 Å². The Kier molecular flexibility index (Phi) is 11.1. The third-order valence-electron chi connectivity index (χ3n) is 6.23. The highest BCUT2D eigenvalue weighted by Gasteiger charge is 2.34. The van der Waals surface area contributed by atoms with Crippen LogP contribution in [0.25, 0.3) is 0 Å². The molecule has 2 amide bonds. The molecule has 0 aromatic heterocycles. The van der Waals surface area contributed by atoms with Crippen molar-refractivity contribution in [1.82, 2.24) is 10.2 Å². The smallest absolute Gasteiger partial charge is 0.271 e. The van der Waals surface area contributed by atoms with Gasteiger partial charge in [0.2, 0.25) is 11.8 Å². The molecule has 218 valence electrons. The van der Waals surface area contributed by atoms with Gasteiger partial charge in [0.25, 0.3) is 15.7 Å². The molecule has 0 spiro atoms. The molecule has 41 heavy (non-hydrogen) atoms. The summed E-state index contributed by atoms with van der Waals surface area (Å²) in [6.07, 6.45) is 0.907. The number of nitrogens with one attached hydrogen (secondary N) is 1. The number of anilines is 1. The Morgan fingerprint density at radius 2 is 1.71 bits per heavy atom. The molecule has 0 radical (unpaired) electrons. The monoisotopic (exact) mass is 620 g/mol. The van der Waals surface area contributed by atoms with Crippen molar-refractivity contribution >= 4 is 56.4 Å². The number of rotatable bonds is 13. The van der Waals surface area contributed by atoms with Crippen LogP contribution in [0, 0.1) is 10.1 Å². The summed E-state index contributed by atoms with van der Waals surface area (Å²) in [5, 5.41) is 14.9. The van der Waals surface area contributed by atoms with Gasteiger partial charge in [-0.15, -0.1) is 0 Å². The van der Waals surface area contributed by atoms with Crippen LogP contribution in [0.3, 0.4) is 0 Å². The van der Waals surface area contributed by atoms with Crippen molar-refractivity contribution in [3.63, 3.8) is 0 Å². The van der Waals surface area contributed by atoms with Gasteiger partial charge in [0.05, 0.1) is 15.5 Å². The molecule has 0 aliphatic rings. The zero-order chi connectivity index (χ0) is 30.2. The second-order valence-corrected chi connectivity index (χ2v) is 11.8. The molecule has 10 nitrogen and oxygen atoms in total. The first-order chi connectivity index (χ1) is 19.5. The van der Waals surface area contributed by atoms with Crippen LogP contribution >= 0.6 is 23.2 Å². The van der Waals surface area contributed by atoms with Crippen LogP contribution in [0.15, 0.2) is 77.7 Å². The lowest BCUT2D eigenvalue weighted by Crippen LogP contribution is -2.52. The first kappa shape index (κ1) is 31.9. The molecule has 3 rings (SSSR count). The predicted molar refractivity (Wildman–Crippen MR) is 158 cm³/mol. The van der Waals surface area contributed by atoms with E-state index in [-0.39, 0.29) is 34.3 Å². The Bertz CT molecular complexity index is 1500. The summed E-state index contributed by atoms with van der Waals surface area (Å²) < 4.78 is 28.4. The molecule has 0 heterocycles. The molecular formula is C28H30Cl2N4O6S. The molecule has 1 N–H and O–H groups in total. The highest BCUT2D eigenvalue weighted by Crippen LogP contribution is 2.28. The average molecular weight is 622 g/mol. The van der Waals surface area contributed by atoms with Gasteiger partial charge in [0.1, 0.15) is 12.6 Å². The summed E-state index contributed by atoms with van der Waals surface area (Å²) >= 11 is 12.4. The minimum absolute atomic E-state index is 0.0793. The number of carbonyl (C=O) groups is 2. The summed E-state index contributed by atoms with van der Waals surface area (Å²) in [5.74, 6) is -1.11. The van der Waals surface area contributed by atoms with Gasteiger partial charge in [0, 0.05) is 35.3 Å². The first-order valence-electron chi connectivity index (χ1n) is 12.8. The summed E-state index contributed by atoms with van der Waals surface area (Å²) in [4.78, 5) is 39.1. The van der Waals surface area contributed by atoms with E-state index < -0.39 is 39.3 Å². The van der Waals surface area contributed by atoms with Crippen molar-refractivity contribution < 1.29 is 22.9 Å². The van der Waals surface area contributed by atoms with Crippen molar-refractivity contribution in [2.45, 2.75) is 44.2 Å². The van der Waals surface area contributed by atoms with E-state index in [1.165, 1.54) is 53.4 Å². The minimum Gasteiger partial charge on any atom is -0.354 e. The molecule has 0 aliphatic carbocycles. The minimum atomic E-state index is -4.36. The average Bonchev–Trinajstić information content (AvgIpc) is 2.96. The van der Waals surface area contributed by atoms with Crippen LogP contribution in [0.1, 0.15) is 32.3 Å². The van der Waals surface area contributed by atoms with Crippen LogP contribution in [0.2, 0.25) is 10.0 Å². The van der Waals surface area contributed by atoms with E-state index in [0.29, 0.717) is 23.6 Å². The number of carbonyl (C=O) groups excluding carboxylic acids is 2.